The van der Waals surface area contributed by atoms with Gasteiger partial charge in [0.1, 0.15) is 6.61 Å². The van der Waals surface area contributed by atoms with Gasteiger partial charge < -0.3 is 4.74 Å². The lowest BCUT2D eigenvalue weighted by Gasteiger charge is -2.01. The summed E-state index contributed by atoms with van der Waals surface area (Å²) in [5.41, 5.74) is 0.888. The average molecular weight is 300 g/mol. The monoisotopic (exact) mass is 300 g/mol. The highest BCUT2D eigenvalue weighted by Crippen LogP contribution is 2.10. The van der Waals surface area contributed by atoms with Crippen molar-refractivity contribution in [3.05, 3.63) is 64.4 Å². The molecule has 3 rings (SSSR count). The van der Waals surface area contributed by atoms with E-state index in [-0.39, 0.29) is 12.3 Å². The second-order valence-electron chi connectivity index (χ2n) is 4.28. The van der Waals surface area contributed by atoms with Crippen molar-refractivity contribution in [2.45, 2.75) is 13.2 Å². The van der Waals surface area contributed by atoms with Crippen molar-refractivity contribution in [1.82, 2.24) is 20.0 Å². The Balaban J connectivity index is 1.59. The smallest absolute Gasteiger partial charge is 0.360 e. The zero-order chi connectivity index (χ0) is 14.5. The van der Waals surface area contributed by atoms with Gasteiger partial charge in [-0.25, -0.2) is 9.48 Å². The summed E-state index contributed by atoms with van der Waals surface area (Å²) in [6.45, 7) is 0.718. The first-order valence-corrected chi connectivity index (χ1v) is 7.19. The van der Waals surface area contributed by atoms with E-state index in [0.717, 1.165) is 4.88 Å². The Labute approximate surface area is 125 Å². The van der Waals surface area contributed by atoms with E-state index in [9.17, 15) is 4.79 Å². The number of pyridine rings is 1. The maximum absolute atomic E-state index is 11.9. The largest absolute Gasteiger partial charge is 0.454 e. The molecule has 0 saturated heterocycles. The quantitative estimate of drug-likeness (QED) is 0.675. The summed E-state index contributed by atoms with van der Waals surface area (Å²) in [7, 11) is 0. The zero-order valence-corrected chi connectivity index (χ0v) is 11.9. The van der Waals surface area contributed by atoms with Gasteiger partial charge in [0.15, 0.2) is 5.69 Å². The molecule has 0 fully saturated rings. The molecule has 0 spiro atoms. The summed E-state index contributed by atoms with van der Waals surface area (Å²) < 4.78 is 6.76. The first-order valence-electron chi connectivity index (χ1n) is 6.31. The minimum Gasteiger partial charge on any atom is -0.454 e. The number of ether oxygens (including phenoxy) is 1. The molecule has 3 aromatic heterocycles. The third-order valence-corrected chi connectivity index (χ3v) is 3.58. The fourth-order valence-electron chi connectivity index (χ4n) is 1.73. The molecule has 7 heteroatoms. The Morgan fingerprint density at radius 2 is 2.24 bits per heavy atom. The molecule has 0 aliphatic rings. The van der Waals surface area contributed by atoms with Crippen molar-refractivity contribution in [3.63, 3.8) is 0 Å². The number of aromatic nitrogens is 4. The summed E-state index contributed by atoms with van der Waals surface area (Å²) in [6.07, 6.45) is 3.24. The van der Waals surface area contributed by atoms with Crippen molar-refractivity contribution < 1.29 is 9.53 Å². The van der Waals surface area contributed by atoms with Gasteiger partial charge in [0.2, 0.25) is 0 Å². The van der Waals surface area contributed by atoms with Gasteiger partial charge in [0.25, 0.3) is 0 Å². The Kier molecular flexibility index (Phi) is 4.02. The van der Waals surface area contributed by atoms with E-state index in [1.807, 2.05) is 29.6 Å². The Hall–Kier alpha value is -2.54. The van der Waals surface area contributed by atoms with Gasteiger partial charge in [0.05, 0.1) is 18.4 Å². The third kappa shape index (κ3) is 3.51. The summed E-state index contributed by atoms with van der Waals surface area (Å²) >= 11 is 1.63. The molecule has 0 atom stereocenters. The molecule has 3 heterocycles. The Morgan fingerprint density at radius 3 is 3.00 bits per heavy atom. The highest BCUT2D eigenvalue weighted by Gasteiger charge is 2.13. The second kappa shape index (κ2) is 6.27. The molecule has 3 aromatic rings. The lowest BCUT2D eigenvalue weighted by Crippen LogP contribution is -2.06. The molecule has 6 nitrogen and oxygen atoms in total. The Bertz CT molecular complexity index is 710. The highest BCUT2D eigenvalue weighted by atomic mass is 32.1. The van der Waals surface area contributed by atoms with Crippen LogP contribution < -0.4 is 0 Å². The van der Waals surface area contributed by atoms with E-state index in [1.165, 1.54) is 0 Å². The van der Waals surface area contributed by atoms with Crippen LogP contribution in [0.2, 0.25) is 0 Å². The van der Waals surface area contributed by atoms with E-state index in [4.69, 9.17) is 4.74 Å². The van der Waals surface area contributed by atoms with Crippen LogP contribution in [0, 0.1) is 0 Å². The van der Waals surface area contributed by atoms with Crippen LogP contribution >= 0.6 is 11.3 Å². The molecule has 0 amide bonds. The number of esters is 1. The van der Waals surface area contributed by atoms with E-state index >= 15 is 0 Å². The number of hydrogen-bond donors (Lipinski definition) is 0. The van der Waals surface area contributed by atoms with E-state index in [0.29, 0.717) is 12.2 Å². The second-order valence-corrected chi connectivity index (χ2v) is 5.31. The molecule has 0 saturated carbocycles. The van der Waals surface area contributed by atoms with Gasteiger partial charge in [-0.1, -0.05) is 17.3 Å². The fourth-order valence-corrected chi connectivity index (χ4v) is 2.42. The van der Waals surface area contributed by atoms with Crippen LogP contribution in [-0.2, 0) is 17.9 Å². The first-order chi connectivity index (χ1) is 10.3. The minimum absolute atomic E-state index is 0.122. The average Bonchev–Trinajstić information content (AvgIpc) is 3.18. The van der Waals surface area contributed by atoms with E-state index in [2.05, 4.69) is 15.3 Å². The van der Waals surface area contributed by atoms with Crippen LogP contribution in [0.3, 0.4) is 0 Å². The van der Waals surface area contributed by atoms with Crippen molar-refractivity contribution in [3.8, 4) is 0 Å². The number of carbonyl (C=O) groups excluding carboxylic acids is 1. The molecule has 0 N–H and O–H groups in total. The van der Waals surface area contributed by atoms with Crippen molar-refractivity contribution in [2.24, 2.45) is 0 Å². The molecule has 106 valence electrons. The normalized spacial score (nSPS) is 10.5. The van der Waals surface area contributed by atoms with Gasteiger partial charge in [0, 0.05) is 11.1 Å². The summed E-state index contributed by atoms with van der Waals surface area (Å²) in [4.78, 5) is 17.1. The third-order valence-electron chi connectivity index (χ3n) is 2.72. The van der Waals surface area contributed by atoms with Gasteiger partial charge >= 0.3 is 5.97 Å². The maximum atomic E-state index is 11.9. The standard InChI is InChI=1S/C14H12N4O2S/c19-14(20-10-11-4-1-2-6-15-11)13-9-18(17-16-13)8-12-5-3-7-21-12/h1-7,9H,8,10H2. The Morgan fingerprint density at radius 1 is 1.29 bits per heavy atom. The molecule has 0 radical (unpaired) electrons. The van der Waals surface area contributed by atoms with Crippen molar-refractivity contribution >= 4 is 17.3 Å². The van der Waals surface area contributed by atoms with Crippen molar-refractivity contribution in [2.75, 3.05) is 0 Å². The van der Waals surface area contributed by atoms with Crippen LogP contribution in [-0.4, -0.2) is 25.9 Å². The predicted molar refractivity (Wildman–Crippen MR) is 76.8 cm³/mol. The van der Waals surface area contributed by atoms with Crippen LogP contribution in [0.4, 0.5) is 0 Å². The van der Waals surface area contributed by atoms with E-state index in [1.54, 1.807) is 34.5 Å². The molecular weight excluding hydrogens is 288 g/mol. The number of thiophene rings is 1. The molecule has 0 bridgehead atoms. The fraction of sp³-hybridized carbons (Fsp3) is 0.143. The van der Waals surface area contributed by atoms with Gasteiger partial charge in [-0.15, -0.1) is 16.4 Å². The maximum Gasteiger partial charge on any atom is 0.360 e. The molecule has 0 aromatic carbocycles. The molecular formula is C14H12N4O2S. The minimum atomic E-state index is -0.502. The zero-order valence-electron chi connectivity index (χ0n) is 11.0. The lowest BCUT2D eigenvalue weighted by molar-refractivity contribution is 0.0460. The summed E-state index contributed by atoms with van der Waals surface area (Å²) in [5, 5.41) is 9.75. The molecule has 0 aliphatic carbocycles. The van der Waals surface area contributed by atoms with E-state index < -0.39 is 5.97 Å². The van der Waals surface area contributed by atoms with Gasteiger partial charge in [-0.05, 0) is 23.6 Å². The van der Waals surface area contributed by atoms with Gasteiger partial charge in [-0.3, -0.25) is 4.98 Å². The van der Waals surface area contributed by atoms with Crippen LogP contribution in [0.15, 0.2) is 48.1 Å². The lowest BCUT2D eigenvalue weighted by atomic mass is 10.4. The summed E-state index contributed by atoms with van der Waals surface area (Å²) in [6, 6.07) is 9.42. The van der Waals surface area contributed by atoms with Crippen LogP contribution in [0.1, 0.15) is 21.1 Å². The first kappa shape index (κ1) is 13.4. The number of nitrogens with zero attached hydrogens (tertiary/aromatic N) is 4. The van der Waals surface area contributed by atoms with Crippen molar-refractivity contribution in [1.29, 1.82) is 0 Å². The number of hydrogen-bond acceptors (Lipinski definition) is 6. The number of carbonyl (C=O) groups is 1. The van der Waals surface area contributed by atoms with Crippen LogP contribution in [0.25, 0.3) is 0 Å². The SMILES string of the molecule is O=C(OCc1ccccn1)c1cn(Cc2cccs2)nn1. The topological polar surface area (TPSA) is 69.9 Å². The summed E-state index contributed by atoms with van der Waals surface area (Å²) in [5.74, 6) is -0.502. The highest BCUT2D eigenvalue weighted by molar-refractivity contribution is 7.09. The number of rotatable bonds is 5. The molecule has 0 aliphatic heterocycles. The van der Waals surface area contributed by atoms with Gasteiger partial charge in [-0.2, -0.15) is 0 Å². The predicted octanol–water partition coefficient (Wildman–Crippen LogP) is 2.14. The molecule has 0 unspecified atom stereocenters. The van der Waals surface area contributed by atoms with Crippen LogP contribution in [0.5, 0.6) is 0 Å². The molecule has 21 heavy (non-hydrogen) atoms.